The highest BCUT2D eigenvalue weighted by Gasteiger charge is 2.09. The van der Waals surface area contributed by atoms with E-state index in [1.54, 1.807) is 18.2 Å². The molecule has 0 atom stereocenters. The van der Waals surface area contributed by atoms with Crippen molar-refractivity contribution in [2.75, 3.05) is 26.2 Å². The van der Waals surface area contributed by atoms with Crippen LogP contribution in [0, 0.1) is 5.82 Å². The van der Waals surface area contributed by atoms with E-state index in [9.17, 15) is 9.18 Å². The van der Waals surface area contributed by atoms with Crippen LogP contribution in [0.4, 0.5) is 4.39 Å². The number of halogens is 1. The van der Waals surface area contributed by atoms with Gasteiger partial charge in [0.25, 0.3) is 0 Å². The highest BCUT2D eigenvalue weighted by molar-refractivity contribution is 5.91. The number of rotatable bonds is 5. The van der Waals surface area contributed by atoms with E-state index in [0.29, 0.717) is 12.1 Å². The van der Waals surface area contributed by atoms with E-state index in [4.69, 9.17) is 0 Å². The van der Waals surface area contributed by atoms with Crippen LogP contribution in [-0.2, 0) is 4.79 Å². The number of carbonyl (C=O) groups excluding carboxylic acids is 1. The molecule has 0 unspecified atom stereocenters. The van der Waals surface area contributed by atoms with Crippen molar-refractivity contribution in [3.05, 3.63) is 41.7 Å². The van der Waals surface area contributed by atoms with Crippen LogP contribution in [-0.4, -0.2) is 37.0 Å². The maximum Gasteiger partial charge on any atom is 0.244 e. The molecule has 1 N–H and O–H groups in total. The molecule has 1 saturated heterocycles. The van der Waals surface area contributed by atoms with E-state index in [2.05, 4.69) is 10.2 Å². The van der Waals surface area contributed by atoms with E-state index in [-0.39, 0.29) is 11.7 Å². The smallest absolute Gasteiger partial charge is 0.244 e. The summed E-state index contributed by atoms with van der Waals surface area (Å²) >= 11 is 0. The highest BCUT2D eigenvalue weighted by Crippen LogP contribution is 2.07. The molecular weight excluding hydrogens is 255 g/mol. The fourth-order valence-electron chi connectivity index (χ4n) is 2.36. The average molecular weight is 276 g/mol. The first-order valence-corrected chi connectivity index (χ1v) is 7.18. The first-order valence-electron chi connectivity index (χ1n) is 7.18. The van der Waals surface area contributed by atoms with Gasteiger partial charge in [-0.15, -0.1) is 0 Å². The fourth-order valence-corrected chi connectivity index (χ4v) is 2.36. The molecule has 20 heavy (non-hydrogen) atoms. The van der Waals surface area contributed by atoms with Gasteiger partial charge in [-0.25, -0.2) is 4.39 Å². The van der Waals surface area contributed by atoms with Gasteiger partial charge in [0, 0.05) is 19.2 Å². The first-order chi connectivity index (χ1) is 9.74. The molecule has 1 heterocycles. The number of hydrogen-bond acceptors (Lipinski definition) is 2. The summed E-state index contributed by atoms with van der Waals surface area (Å²) < 4.78 is 13.0. The number of nitrogens with zero attached hydrogens (tertiary/aromatic N) is 1. The van der Waals surface area contributed by atoms with E-state index in [0.717, 1.165) is 19.6 Å². The first kappa shape index (κ1) is 14.7. The summed E-state index contributed by atoms with van der Waals surface area (Å²) in [6, 6.07) is 6.18. The van der Waals surface area contributed by atoms with Crippen molar-refractivity contribution in [3.63, 3.8) is 0 Å². The lowest BCUT2D eigenvalue weighted by Gasteiger charge is -2.26. The molecule has 4 heteroatoms. The molecule has 0 saturated carbocycles. The number of likely N-dealkylation sites (tertiary alicyclic amines) is 1. The Kier molecular flexibility index (Phi) is 5.74. The van der Waals surface area contributed by atoms with Crippen molar-refractivity contribution in [2.45, 2.75) is 19.3 Å². The van der Waals surface area contributed by atoms with Gasteiger partial charge >= 0.3 is 0 Å². The normalized spacial score (nSPS) is 16.4. The largest absolute Gasteiger partial charge is 0.351 e. The molecule has 1 aromatic carbocycles. The summed E-state index contributed by atoms with van der Waals surface area (Å²) in [7, 11) is 0. The van der Waals surface area contributed by atoms with Crippen molar-refractivity contribution >= 4 is 12.0 Å². The van der Waals surface area contributed by atoms with Gasteiger partial charge in [-0.2, -0.15) is 0 Å². The van der Waals surface area contributed by atoms with Crippen LogP contribution < -0.4 is 5.32 Å². The van der Waals surface area contributed by atoms with Crippen LogP contribution in [0.1, 0.15) is 24.8 Å². The zero-order valence-corrected chi connectivity index (χ0v) is 11.6. The Balaban J connectivity index is 1.69. The zero-order valence-electron chi connectivity index (χ0n) is 11.6. The molecule has 1 amide bonds. The van der Waals surface area contributed by atoms with Gasteiger partial charge in [-0.3, -0.25) is 4.79 Å². The quantitative estimate of drug-likeness (QED) is 0.838. The Morgan fingerprint density at radius 2 is 2.10 bits per heavy atom. The lowest BCUT2D eigenvalue weighted by Crippen LogP contribution is -2.37. The lowest BCUT2D eigenvalue weighted by molar-refractivity contribution is -0.116. The molecule has 1 aliphatic rings. The molecule has 1 aromatic rings. The minimum atomic E-state index is -0.294. The van der Waals surface area contributed by atoms with Gasteiger partial charge in [0.05, 0.1) is 0 Å². The van der Waals surface area contributed by atoms with E-state index >= 15 is 0 Å². The molecule has 108 valence electrons. The van der Waals surface area contributed by atoms with Crippen molar-refractivity contribution in [1.82, 2.24) is 10.2 Å². The lowest BCUT2D eigenvalue weighted by atomic mass is 10.1. The fraction of sp³-hybridized carbons (Fsp3) is 0.438. The number of carbonyl (C=O) groups is 1. The third-order valence-electron chi connectivity index (χ3n) is 3.45. The topological polar surface area (TPSA) is 32.3 Å². The number of nitrogens with one attached hydrogen (secondary N) is 1. The van der Waals surface area contributed by atoms with E-state index in [1.165, 1.54) is 37.5 Å². The predicted octanol–water partition coefficient (Wildman–Crippen LogP) is 2.44. The van der Waals surface area contributed by atoms with Crippen LogP contribution in [0.3, 0.4) is 0 Å². The van der Waals surface area contributed by atoms with Gasteiger partial charge < -0.3 is 10.2 Å². The average Bonchev–Trinajstić information content (AvgIpc) is 2.46. The number of benzene rings is 1. The number of hydrogen-bond donors (Lipinski definition) is 1. The van der Waals surface area contributed by atoms with Gasteiger partial charge in [-0.1, -0.05) is 18.6 Å². The maximum atomic E-state index is 13.0. The van der Waals surface area contributed by atoms with Crippen LogP contribution in [0.5, 0.6) is 0 Å². The maximum absolute atomic E-state index is 13.0. The van der Waals surface area contributed by atoms with E-state index in [1.807, 2.05) is 0 Å². The zero-order chi connectivity index (χ0) is 14.2. The second-order valence-electron chi connectivity index (χ2n) is 5.08. The molecule has 2 rings (SSSR count). The van der Waals surface area contributed by atoms with Crippen LogP contribution in [0.25, 0.3) is 6.08 Å². The molecule has 1 aliphatic heterocycles. The Hall–Kier alpha value is -1.68. The Morgan fingerprint density at radius 3 is 2.85 bits per heavy atom. The molecule has 0 bridgehead atoms. The molecule has 1 fully saturated rings. The van der Waals surface area contributed by atoms with Crippen molar-refractivity contribution in [3.8, 4) is 0 Å². The molecule has 3 nitrogen and oxygen atoms in total. The third-order valence-corrected chi connectivity index (χ3v) is 3.45. The van der Waals surface area contributed by atoms with Crippen LogP contribution in [0.15, 0.2) is 30.3 Å². The highest BCUT2D eigenvalue weighted by atomic mass is 19.1. The van der Waals surface area contributed by atoms with Gasteiger partial charge in [0.15, 0.2) is 0 Å². The van der Waals surface area contributed by atoms with Gasteiger partial charge in [-0.05, 0) is 49.7 Å². The predicted molar refractivity (Wildman–Crippen MR) is 78.7 cm³/mol. The summed E-state index contributed by atoms with van der Waals surface area (Å²) in [5.74, 6) is -0.427. The number of piperidine rings is 1. The molecular formula is C16H21FN2O. The van der Waals surface area contributed by atoms with Crippen LogP contribution >= 0.6 is 0 Å². The molecule has 0 radical (unpaired) electrons. The minimum Gasteiger partial charge on any atom is -0.351 e. The summed E-state index contributed by atoms with van der Waals surface area (Å²) in [6.45, 7) is 3.83. The SMILES string of the molecule is O=C(/C=C\c1cccc(F)c1)NCCN1CCCCC1. The monoisotopic (exact) mass is 276 g/mol. The molecule has 0 aromatic heterocycles. The second-order valence-corrected chi connectivity index (χ2v) is 5.08. The van der Waals surface area contributed by atoms with E-state index < -0.39 is 0 Å². The Morgan fingerprint density at radius 1 is 1.30 bits per heavy atom. The van der Waals surface area contributed by atoms with Gasteiger partial charge in [0.2, 0.25) is 5.91 Å². The number of amides is 1. The third kappa shape index (κ3) is 5.13. The minimum absolute atomic E-state index is 0.133. The Bertz CT molecular complexity index is 467. The standard InChI is InChI=1S/C16H21FN2O/c17-15-6-4-5-14(13-15)7-8-16(20)18-9-12-19-10-2-1-3-11-19/h4-8,13H,1-3,9-12H2,(H,18,20)/b8-7-. The molecule has 0 aliphatic carbocycles. The summed E-state index contributed by atoms with van der Waals surface area (Å²) in [6.07, 6.45) is 6.91. The Labute approximate surface area is 119 Å². The second kappa shape index (κ2) is 7.80. The summed E-state index contributed by atoms with van der Waals surface area (Å²) in [5, 5.41) is 2.85. The van der Waals surface area contributed by atoms with Crippen molar-refractivity contribution < 1.29 is 9.18 Å². The van der Waals surface area contributed by atoms with Gasteiger partial charge in [0.1, 0.15) is 5.82 Å². The van der Waals surface area contributed by atoms with Crippen LogP contribution in [0.2, 0.25) is 0 Å². The summed E-state index contributed by atoms with van der Waals surface area (Å²) in [5.41, 5.74) is 0.691. The van der Waals surface area contributed by atoms with Crippen molar-refractivity contribution in [2.24, 2.45) is 0 Å². The van der Waals surface area contributed by atoms with Crippen molar-refractivity contribution in [1.29, 1.82) is 0 Å². The molecule has 0 spiro atoms. The summed E-state index contributed by atoms with van der Waals surface area (Å²) in [4.78, 5) is 14.0.